The summed E-state index contributed by atoms with van der Waals surface area (Å²) >= 11 is 0. The summed E-state index contributed by atoms with van der Waals surface area (Å²) in [5, 5.41) is 2.31. The minimum atomic E-state index is -0.0997. The first-order chi connectivity index (χ1) is 27.0. The van der Waals surface area contributed by atoms with Gasteiger partial charge in [-0.1, -0.05) is 153 Å². The third-order valence-corrected chi connectivity index (χ3v) is 12.1. The fourth-order valence-corrected chi connectivity index (χ4v) is 9.49. The van der Waals surface area contributed by atoms with Crippen LogP contribution in [0.3, 0.4) is 0 Å². The Labute approximate surface area is 321 Å². The van der Waals surface area contributed by atoms with E-state index in [-0.39, 0.29) is 11.3 Å². The van der Waals surface area contributed by atoms with E-state index in [2.05, 4.69) is 178 Å². The Bertz CT molecular complexity index is 2900. The molecular formula is C52H38N2O. The Morgan fingerprint density at radius 1 is 0.527 bits per heavy atom. The van der Waals surface area contributed by atoms with Crippen molar-refractivity contribution in [3.05, 3.63) is 192 Å². The molecule has 0 fully saturated rings. The maximum atomic E-state index is 6.81. The maximum absolute atomic E-state index is 6.81. The number of aromatic nitrogens is 2. The topological polar surface area (TPSA) is 38.9 Å². The van der Waals surface area contributed by atoms with E-state index in [4.69, 9.17) is 14.4 Å². The highest BCUT2D eigenvalue weighted by Crippen LogP contribution is 2.56. The fourth-order valence-electron chi connectivity index (χ4n) is 9.49. The van der Waals surface area contributed by atoms with Gasteiger partial charge in [-0.05, 0) is 80.8 Å². The van der Waals surface area contributed by atoms with Gasteiger partial charge in [-0.15, -0.1) is 0 Å². The van der Waals surface area contributed by atoms with Crippen molar-refractivity contribution < 1.29 is 4.42 Å². The Morgan fingerprint density at radius 2 is 1.16 bits per heavy atom. The van der Waals surface area contributed by atoms with Crippen molar-refractivity contribution in [2.75, 3.05) is 0 Å². The molecule has 2 aromatic heterocycles. The lowest BCUT2D eigenvalue weighted by Crippen LogP contribution is -2.15. The molecule has 2 heterocycles. The molecular weight excluding hydrogens is 669 g/mol. The Morgan fingerprint density at radius 3 is 1.93 bits per heavy atom. The highest BCUT2D eigenvalue weighted by atomic mass is 16.3. The highest BCUT2D eigenvalue weighted by Gasteiger charge is 2.38. The average molecular weight is 707 g/mol. The lowest BCUT2D eigenvalue weighted by molar-refractivity contribution is 0.660. The van der Waals surface area contributed by atoms with Gasteiger partial charge < -0.3 is 4.42 Å². The summed E-state index contributed by atoms with van der Waals surface area (Å²) in [6.07, 6.45) is 1.58. The van der Waals surface area contributed by atoms with Crippen LogP contribution in [0.2, 0.25) is 0 Å². The summed E-state index contributed by atoms with van der Waals surface area (Å²) < 4.78 is 6.81. The van der Waals surface area contributed by atoms with Crippen molar-refractivity contribution in [2.45, 2.75) is 38.0 Å². The molecule has 0 spiro atoms. The van der Waals surface area contributed by atoms with Crippen LogP contribution in [0.4, 0.5) is 0 Å². The molecule has 55 heavy (non-hydrogen) atoms. The van der Waals surface area contributed by atoms with Crippen molar-refractivity contribution in [3.63, 3.8) is 0 Å². The molecule has 2 aliphatic carbocycles. The van der Waals surface area contributed by atoms with Crippen LogP contribution in [0.5, 0.6) is 0 Å². The van der Waals surface area contributed by atoms with Gasteiger partial charge in [0.25, 0.3) is 0 Å². The van der Waals surface area contributed by atoms with Crippen molar-refractivity contribution in [1.29, 1.82) is 0 Å². The van der Waals surface area contributed by atoms with Gasteiger partial charge in [0.05, 0.1) is 11.4 Å². The van der Waals surface area contributed by atoms with Crippen LogP contribution in [0.1, 0.15) is 54.3 Å². The predicted octanol–water partition coefficient (Wildman–Crippen LogP) is 13.4. The van der Waals surface area contributed by atoms with Gasteiger partial charge in [0.2, 0.25) is 0 Å². The number of furan rings is 1. The first-order valence-electron chi connectivity index (χ1n) is 19.3. The SMILES string of the molecule is CC1(C)c2ccccc2-c2ccc(-c3cc4c(oc5ccccc54)c4c3C(CCc3nc(-c5ccccc5)cc(-c5ccccc5)n3)c3ccccc3-4)cc21. The number of nitrogens with zero attached hydrogens (tertiary/aromatic N) is 2. The van der Waals surface area contributed by atoms with Crippen molar-refractivity contribution in [1.82, 2.24) is 9.97 Å². The zero-order valence-corrected chi connectivity index (χ0v) is 30.9. The van der Waals surface area contributed by atoms with Crippen LogP contribution in [-0.2, 0) is 11.8 Å². The summed E-state index contributed by atoms with van der Waals surface area (Å²) in [6.45, 7) is 4.73. The Kier molecular flexibility index (Phi) is 7.09. The van der Waals surface area contributed by atoms with Crippen LogP contribution in [-0.4, -0.2) is 9.97 Å². The molecule has 1 unspecified atom stereocenters. The molecule has 0 radical (unpaired) electrons. The number of benzene rings is 7. The molecule has 0 saturated carbocycles. The Balaban J connectivity index is 1.10. The molecule has 9 aromatic rings. The number of aryl methyl sites for hydroxylation is 1. The Hall–Kier alpha value is -6.58. The molecule has 11 rings (SSSR count). The first-order valence-corrected chi connectivity index (χ1v) is 19.3. The quantitative estimate of drug-likeness (QED) is 0.173. The molecule has 0 aliphatic heterocycles. The molecule has 0 saturated heterocycles. The molecule has 2 aliphatic rings. The van der Waals surface area contributed by atoms with Gasteiger partial charge in [0.15, 0.2) is 0 Å². The second kappa shape index (κ2) is 12.2. The smallest absolute Gasteiger partial charge is 0.143 e. The van der Waals surface area contributed by atoms with E-state index in [0.717, 1.165) is 63.1 Å². The van der Waals surface area contributed by atoms with E-state index in [9.17, 15) is 0 Å². The van der Waals surface area contributed by atoms with Gasteiger partial charge in [-0.25, -0.2) is 9.97 Å². The lowest BCUT2D eigenvalue weighted by atomic mass is 9.80. The second-order valence-electron chi connectivity index (χ2n) is 15.6. The van der Waals surface area contributed by atoms with Gasteiger partial charge in [0.1, 0.15) is 17.0 Å². The monoisotopic (exact) mass is 706 g/mol. The number of para-hydroxylation sites is 1. The van der Waals surface area contributed by atoms with Crippen LogP contribution in [0.15, 0.2) is 168 Å². The summed E-state index contributed by atoms with van der Waals surface area (Å²) in [6, 6.07) is 58.9. The molecule has 262 valence electrons. The molecule has 7 aromatic carbocycles. The van der Waals surface area contributed by atoms with E-state index in [0.29, 0.717) is 0 Å². The second-order valence-corrected chi connectivity index (χ2v) is 15.6. The number of fused-ring (bicyclic) bond motifs is 10. The molecule has 3 heteroatoms. The van der Waals surface area contributed by atoms with Gasteiger partial charge >= 0.3 is 0 Å². The average Bonchev–Trinajstić information content (AvgIpc) is 3.85. The van der Waals surface area contributed by atoms with Crippen LogP contribution in [0, 0.1) is 0 Å². The van der Waals surface area contributed by atoms with Gasteiger partial charge in [-0.3, -0.25) is 0 Å². The molecule has 0 amide bonds. The van der Waals surface area contributed by atoms with Gasteiger partial charge in [0, 0.05) is 45.2 Å². The fraction of sp³-hybridized carbons (Fsp3) is 0.115. The summed E-state index contributed by atoms with van der Waals surface area (Å²) in [7, 11) is 0. The third-order valence-electron chi connectivity index (χ3n) is 12.1. The van der Waals surface area contributed by atoms with E-state index in [1.807, 2.05) is 0 Å². The number of hydrogen-bond acceptors (Lipinski definition) is 3. The standard InChI is InChI=1S/C52H38N2O/c1-52(2)43-23-13-11-20-36(43)37-26-25-34(29-44(37)52)41-30-42-38-21-12-14-24-47(38)55-51(42)50-39-22-10-9-19-35(39)40(49(41)50)27-28-48-53-45(32-15-5-3-6-16-32)31-46(54-48)33-17-7-4-8-18-33/h3-26,29-31,40H,27-28H2,1-2H3. The molecule has 0 bridgehead atoms. The minimum absolute atomic E-state index is 0.0997. The molecule has 3 nitrogen and oxygen atoms in total. The zero-order valence-electron chi connectivity index (χ0n) is 30.9. The van der Waals surface area contributed by atoms with Crippen molar-refractivity contribution in [2.24, 2.45) is 0 Å². The molecule has 1 atom stereocenters. The van der Waals surface area contributed by atoms with E-state index < -0.39 is 0 Å². The van der Waals surface area contributed by atoms with Crippen LogP contribution >= 0.6 is 0 Å². The summed E-state index contributed by atoms with van der Waals surface area (Å²) in [5.41, 5.74) is 19.0. The normalized spacial score (nSPS) is 14.8. The minimum Gasteiger partial charge on any atom is -0.455 e. The number of hydrogen-bond donors (Lipinski definition) is 0. The van der Waals surface area contributed by atoms with E-state index in [1.54, 1.807) is 0 Å². The van der Waals surface area contributed by atoms with Crippen molar-refractivity contribution >= 4 is 21.9 Å². The maximum Gasteiger partial charge on any atom is 0.143 e. The van der Waals surface area contributed by atoms with E-state index >= 15 is 0 Å². The lowest BCUT2D eigenvalue weighted by Gasteiger charge is -2.23. The largest absolute Gasteiger partial charge is 0.455 e. The summed E-state index contributed by atoms with van der Waals surface area (Å²) in [5.74, 6) is 0.982. The molecule has 0 N–H and O–H groups in total. The van der Waals surface area contributed by atoms with Crippen molar-refractivity contribution in [3.8, 4) is 55.9 Å². The zero-order chi connectivity index (χ0) is 36.7. The highest BCUT2D eigenvalue weighted by molar-refractivity contribution is 6.14. The first kappa shape index (κ1) is 31.9. The van der Waals surface area contributed by atoms with Crippen LogP contribution in [0.25, 0.3) is 77.8 Å². The third kappa shape index (κ3) is 4.96. The predicted molar refractivity (Wildman–Crippen MR) is 225 cm³/mol. The van der Waals surface area contributed by atoms with Gasteiger partial charge in [-0.2, -0.15) is 0 Å². The summed E-state index contributed by atoms with van der Waals surface area (Å²) in [4.78, 5) is 10.4. The van der Waals surface area contributed by atoms with E-state index in [1.165, 1.54) is 55.6 Å². The van der Waals surface area contributed by atoms with Crippen LogP contribution < -0.4 is 0 Å². The number of rotatable bonds is 6.